The average molecular weight is 300 g/mol. The number of ether oxygens (including phenoxy) is 1. The van der Waals surface area contributed by atoms with Gasteiger partial charge in [0.15, 0.2) is 0 Å². The molecule has 1 aromatic heterocycles. The summed E-state index contributed by atoms with van der Waals surface area (Å²) in [6, 6.07) is 5.01. The van der Waals surface area contributed by atoms with Gasteiger partial charge in [-0.1, -0.05) is 11.6 Å². The summed E-state index contributed by atoms with van der Waals surface area (Å²) in [4.78, 5) is 15.6. The van der Waals surface area contributed by atoms with Gasteiger partial charge in [0, 0.05) is 18.1 Å². The molecule has 0 unspecified atom stereocenters. The number of carbonyl (C=O) groups excluding carboxylic acids is 1. The largest absolute Gasteiger partial charge is 0.495 e. The number of nitrogens with one attached hydrogen (secondary N) is 1. The molecule has 0 aliphatic carbocycles. The molecule has 19 heavy (non-hydrogen) atoms. The molecule has 0 bridgehead atoms. The zero-order valence-electron chi connectivity index (χ0n) is 10.1. The van der Waals surface area contributed by atoms with E-state index in [9.17, 15) is 4.79 Å². The molecule has 2 rings (SSSR count). The van der Waals surface area contributed by atoms with Crippen molar-refractivity contribution >= 4 is 34.8 Å². The van der Waals surface area contributed by atoms with Crippen molar-refractivity contribution in [2.24, 2.45) is 0 Å². The number of imidazole rings is 1. The second kappa shape index (κ2) is 5.95. The van der Waals surface area contributed by atoms with Gasteiger partial charge in [0.2, 0.25) is 11.2 Å². The summed E-state index contributed by atoms with van der Waals surface area (Å²) in [6.07, 6.45) is 3.16. The Labute approximate surface area is 120 Å². The van der Waals surface area contributed by atoms with Crippen LogP contribution in [-0.2, 0) is 11.3 Å². The fourth-order valence-corrected chi connectivity index (χ4v) is 1.96. The van der Waals surface area contributed by atoms with Gasteiger partial charge in [-0.15, -0.1) is 0 Å². The average Bonchev–Trinajstić information content (AvgIpc) is 2.75. The van der Waals surface area contributed by atoms with Crippen LogP contribution >= 0.6 is 23.2 Å². The Hall–Kier alpha value is -1.72. The number of amides is 1. The number of halogens is 2. The number of benzene rings is 1. The van der Waals surface area contributed by atoms with Crippen LogP contribution in [0.1, 0.15) is 0 Å². The Morgan fingerprint density at radius 3 is 2.84 bits per heavy atom. The molecule has 0 fully saturated rings. The smallest absolute Gasteiger partial charge is 0.244 e. The number of carbonyl (C=O) groups is 1. The van der Waals surface area contributed by atoms with E-state index in [2.05, 4.69) is 10.3 Å². The standard InChI is InChI=1S/C12H11Cl2N3O2/c1-19-10-3-2-8(6-9(10)13)16-11(18)7-17-5-4-15-12(17)14/h2-6H,7H2,1H3,(H,16,18). The van der Waals surface area contributed by atoms with Gasteiger partial charge in [-0.25, -0.2) is 4.98 Å². The van der Waals surface area contributed by atoms with Crippen LogP contribution in [0.5, 0.6) is 5.75 Å². The van der Waals surface area contributed by atoms with Crippen LogP contribution in [0.25, 0.3) is 0 Å². The molecule has 5 nitrogen and oxygen atoms in total. The third-order valence-corrected chi connectivity index (χ3v) is 3.02. The highest BCUT2D eigenvalue weighted by Crippen LogP contribution is 2.27. The number of rotatable bonds is 4. The Bertz CT molecular complexity index is 598. The van der Waals surface area contributed by atoms with Crippen LogP contribution in [0.3, 0.4) is 0 Å². The van der Waals surface area contributed by atoms with E-state index >= 15 is 0 Å². The summed E-state index contributed by atoms with van der Waals surface area (Å²) in [5, 5.41) is 3.41. The highest BCUT2D eigenvalue weighted by atomic mass is 35.5. The normalized spacial score (nSPS) is 10.3. The lowest BCUT2D eigenvalue weighted by atomic mass is 10.3. The molecule has 1 aromatic carbocycles. The van der Waals surface area contributed by atoms with E-state index in [1.807, 2.05) is 0 Å². The van der Waals surface area contributed by atoms with Gasteiger partial charge >= 0.3 is 0 Å². The number of methoxy groups -OCH3 is 1. The minimum absolute atomic E-state index is 0.0858. The molecule has 1 amide bonds. The molecule has 0 saturated carbocycles. The Morgan fingerprint density at radius 1 is 1.47 bits per heavy atom. The fourth-order valence-electron chi connectivity index (χ4n) is 1.53. The SMILES string of the molecule is COc1ccc(NC(=O)Cn2ccnc2Cl)cc1Cl. The summed E-state index contributed by atoms with van der Waals surface area (Å²) in [5.74, 6) is 0.332. The third-order valence-electron chi connectivity index (χ3n) is 2.41. The third kappa shape index (κ3) is 3.39. The van der Waals surface area contributed by atoms with Gasteiger partial charge in [0.25, 0.3) is 0 Å². The maximum atomic E-state index is 11.8. The minimum Gasteiger partial charge on any atom is -0.495 e. The van der Waals surface area contributed by atoms with Gasteiger partial charge in [0.1, 0.15) is 12.3 Å². The van der Waals surface area contributed by atoms with Gasteiger partial charge in [0.05, 0.1) is 12.1 Å². The lowest BCUT2D eigenvalue weighted by molar-refractivity contribution is -0.116. The quantitative estimate of drug-likeness (QED) is 0.944. The zero-order valence-corrected chi connectivity index (χ0v) is 11.6. The molecule has 0 aliphatic rings. The van der Waals surface area contributed by atoms with Crippen LogP contribution in [0.2, 0.25) is 10.3 Å². The van der Waals surface area contributed by atoms with Crippen LogP contribution in [0.4, 0.5) is 5.69 Å². The van der Waals surface area contributed by atoms with Crippen molar-refractivity contribution in [1.82, 2.24) is 9.55 Å². The van der Waals surface area contributed by atoms with E-state index in [-0.39, 0.29) is 17.7 Å². The summed E-state index contributed by atoms with van der Waals surface area (Å²) in [5.41, 5.74) is 0.590. The van der Waals surface area contributed by atoms with Crippen molar-refractivity contribution < 1.29 is 9.53 Å². The van der Waals surface area contributed by atoms with Crippen molar-refractivity contribution in [2.75, 3.05) is 12.4 Å². The topological polar surface area (TPSA) is 56.1 Å². The lowest BCUT2D eigenvalue weighted by Crippen LogP contribution is -2.18. The van der Waals surface area contributed by atoms with Crippen molar-refractivity contribution in [3.63, 3.8) is 0 Å². The highest BCUT2D eigenvalue weighted by molar-refractivity contribution is 6.32. The predicted octanol–water partition coefficient (Wildman–Crippen LogP) is 2.84. The first kappa shape index (κ1) is 13.7. The maximum absolute atomic E-state index is 11.8. The molecule has 0 atom stereocenters. The molecule has 0 spiro atoms. The Balaban J connectivity index is 2.03. The first-order chi connectivity index (χ1) is 9.10. The Kier molecular flexibility index (Phi) is 4.29. The number of anilines is 1. The van der Waals surface area contributed by atoms with Crippen LogP contribution in [0.15, 0.2) is 30.6 Å². The van der Waals surface area contributed by atoms with Crippen molar-refractivity contribution in [1.29, 1.82) is 0 Å². The van der Waals surface area contributed by atoms with E-state index in [1.165, 1.54) is 17.9 Å². The van der Waals surface area contributed by atoms with Crippen LogP contribution in [0, 0.1) is 0 Å². The molecule has 1 N–H and O–H groups in total. The van der Waals surface area contributed by atoms with Gasteiger partial charge in [-0.3, -0.25) is 4.79 Å². The maximum Gasteiger partial charge on any atom is 0.244 e. The molecule has 100 valence electrons. The van der Waals surface area contributed by atoms with Crippen molar-refractivity contribution in [2.45, 2.75) is 6.54 Å². The molecule has 2 aromatic rings. The summed E-state index contributed by atoms with van der Waals surface area (Å²) >= 11 is 11.8. The molecule has 0 saturated heterocycles. The molecular formula is C12H11Cl2N3O2. The second-order valence-electron chi connectivity index (χ2n) is 3.72. The summed E-state index contributed by atoms with van der Waals surface area (Å²) in [6.45, 7) is 0.0858. The minimum atomic E-state index is -0.221. The molecule has 1 heterocycles. The lowest BCUT2D eigenvalue weighted by Gasteiger charge is -2.08. The van der Waals surface area contributed by atoms with E-state index in [1.54, 1.807) is 24.4 Å². The summed E-state index contributed by atoms with van der Waals surface area (Å²) < 4.78 is 6.56. The van der Waals surface area contributed by atoms with E-state index in [0.29, 0.717) is 16.5 Å². The van der Waals surface area contributed by atoms with Crippen molar-refractivity contribution in [3.05, 3.63) is 40.9 Å². The molecule has 0 radical (unpaired) electrons. The van der Waals surface area contributed by atoms with Crippen LogP contribution in [-0.4, -0.2) is 22.6 Å². The fraction of sp³-hybridized carbons (Fsp3) is 0.167. The van der Waals surface area contributed by atoms with E-state index in [0.717, 1.165) is 0 Å². The zero-order chi connectivity index (χ0) is 13.8. The Morgan fingerprint density at radius 2 is 2.26 bits per heavy atom. The molecular weight excluding hydrogens is 289 g/mol. The van der Waals surface area contributed by atoms with Gasteiger partial charge in [-0.2, -0.15) is 0 Å². The van der Waals surface area contributed by atoms with Gasteiger partial charge in [-0.05, 0) is 29.8 Å². The first-order valence-electron chi connectivity index (χ1n) is 5.40. The number of nitrogens with zero attached hydrogens (tertiary/aromatic N) is 2. The number of hydrogen-bond donors (Lipinski definition) is 1. The first-order valence-corrected chi connectivity index (χ1v) is 6.16. The van der Waals surface area contributed by atoms with Crippen molar-refractivity contribution in [3.8, 4) is 5.75 Å². The predicted molar refractivity (Wildman–Crippen MR) is 73.9 cm³/mol. The van der Waals surface area contributed by atoms with Gasteiger partial charge < -0.3 is 14.6 Å². The number of aromatic nitrogens is 2. The highest BCUT2D eigenvalue weighted by Gasteiger charge is 2.08. The molecule has 0 aliphatic heterocycles. The van der Waals surface area contributed by atoms with Crippen LogP contribution < -0.4 is 10.1 Å². The van der Waals surface area contributed by atoms with E-state index in [4.69, 9.17) is 27.9 Å². The summed E-state index contributed by atoms with van der Waals surface area (Å²) in [7, 11) is 1.53. The second-order valence-corrected chi connectivity index (χ2v) is 4.47. The van der Waals surface area contributed by atoms with E-state index < -0.39 is 0 Å². The monoisotopic (exact) mass is 299 g/mol. The number of hydrogen-bond acceptors (Lipinski definition) is 3. The molecule has 7 heteroatoms.